The van der Waals surface area contributed by atoms with E-state index in [0.29, 0.717) is 30.0 Å². The van der Waals surface area contributed by atoms with Gasteiger partial charge in [-0.05, 0) is 54.8 Å². The molecule has 170 valence electrons. The maximum absolute atomic E-state index is 13.4. The van der Waals surface area contributed by atoms with Gasteiger partial charge in [-0.3, -0.25) is 14.7 Å². The van der Waals surface area contributed by atoms with Crippen molar-refractivity contribution in [1.29, 1.82) is 0 Å². The van der Waals surface area contributed by atoms with E-state index < -0.39 is 0 Å². The van der Waals surface area contributed by atoms with Crippen LogP contribution in [0.15, 0.2) is 60.8 Å². The third-order valence-corrected chi connectivity index (χ3v) is 6.08. The lowest BCUT2D eigenvalue weighted by atomic mass is 10.0. The van der Waals surface area contributed by atoms with Gasteiger partial charge in [0.15, 0.2) is 11.5 Å². The zero-order chi connectivity index (χ0) is 22.6. The summed E-state index contributed by atoms with van der Waals surface area (Å²) in [6.45, 7) is 3.86. The van der Waals surface area contributed by atoms with E-state index in [0.717, 1.165) is 44.0 Å². The molecule has 3 aromatic rings. The van der Waals surface area contributed by atoms with Crippen LogP contribution in [-0.4, -0.2) is 48.1 Å². The van der Waals surface area contributed by atoms with Crippen molar-refractivity contribution in [3.05, 3.63) is 77.7 Å². The minimum atomic E-state index is -0.309. The van der Waals surface area contributed by atoms with Crippen molar-refractivity contribution >= 4 is 5.91 Å². The summed E-state index contributed by atoms with van der Waals surface area (Å²) in [4.78, 5) is 19.4. The van der Waals surface area contributed by atoms with E-state index in [9.17, 15) is 9.18 Å². The molecule has 3 heterocycles. The number of halogens is 1. The number of rotatable bonds is 5. The Morgan fingerprint density at radius 1 is 1.03 bits per heavy atom. The van der Waals surface area contributed by atoms with E-state index in [1.165, 1.54) is 17.7 Å². The number of ether oxygens (including phenoxy) is 2. The number of amides is 1. The molecule has 33 heavy (non-hydrogen) atoms. The molecule has 2 aliphatic rings. The molecule has 2 aromatic carbocycles. The lowest BCUT2D eigenvalue weighted by molar-refractivity contribution is 0.0908. The monoisotopic (exact) mass is 447 g/mol. The van der Waals surface area contributed by atoms with Crippen molar-refractivity contribution in [2.75, 3.05) is 26.3 Å². The van der Waals surface area contributed by atoms with E-state index in [-0.39, 0.29) is 17.8 Å². The number of carbonyl (C=O) groups is 1. The number of nitrogens with zero attached hydrogens (tertiary/aromatic N) is 2. The van der Waals surface area contributed by atoms with Gasteiger partial charge in [-0.1, -0.05) is 18.2 Å². The first-order valence-electron chi connectivity index (χ1n) is 11.3. The van der Waals surface area contributed by atoms with Crippen LogP contribution < -0.4 is 14.8 Å². The van der Waals surface area contributed by atoms with Crippen LogP contribution in [0, 0.1) is 5.82 Å². The van der Waals surface area contributed by atoms with E-state index in [1.807, 2.05) is 6.07 Å². The second kappa shape index (κ2) is 9.58. The van der Waals surface area contributed by atoms with Gasteiger partial charge in [-0.2, -0.15) is 0 Å². The highest BCUT2D eigenvalue weighted by Crippen LogP contribution is 2.31. The first-order chi connectivity index (χ1) is 16.1. The number of nitrogens with one attached hydrogen (secondary N) is 1. The third kappa shape index (κ3) is 5.14. The second-order valence-electron chi connectivity index (χ2n) is 8.44. The average Bonchev–Trinajstić information content (AvgIpc) is 2.85. The van der Waals surface area contributed by atoms with Gasteiger partial charge < -0.3 is 14.8 Å². The van der Waals surface area contributed by atoms with Crippen LogP contribution in [0.1, 0.15) is 28.8 Å². The summed E-state index contributed by atoms with van der Waals surface area (Å²) >= 11 is 0. The lowest BCUT2D eigenvalue weighted by Crippen LogP contribution is -2.44. The van der Waals surface area contributed by atoms with Crippen molar-refractivity contribution in [1.82, 2.24) is 15.2 Å². The Bertz CT molecular complexity index is 1130. The Kier molecular flexibility index (Phi) is 6.21. The number of likely N-dealkylation sites (tertiary alicyclic amines) is 1. The molecule has 1 amide bonds. The molecule has 1 aromatic heterocycles. The summed E-state index contributed by atoms with van der Waals surface area (Å²) in [5.41, 5.74) is 3.03. The summed E-state index contributed by atoms with van der Waals surface area (Å²) in [5, 5.41) is 3.13. The van der Waals surface area contributed by atoms with E-state index in [4.69, 9.17) is 9.47 Å². The number of pyridine rings is 1. The molecule has 5 rings (SSSR count). The predicted molar refractivity (Wildman–Crippen MR) is 123 cm³/mol. The smallest absolute Gasteiger partial charge is 0.253 e. The topological polar surface area (TPSA) is 63.7 Å². The third-order valence-electron chi connectivity index (χ3n) is 6.08. The normalized spacial score (nSPS) is 16.4. The van der Waals surface area contributed by atoms with Crippen molar-refractivity contribution < 1.29 is 18.7 Å². The van der Waals surface area contributed by atoms with Crippen LogP contribution in [0.25, 0.3) is 11.3 Å². The summed E-state index contributed by atoms with van der Waals surface area (Å²) in [6.07, 6.45) is 3.34. The molecule has 2 aliphatic heterocycles. The lowest BCUT2D eigenvalue weighted by Gasteiger charge is -2.32. The fourth-order valence-corrected chi connectivity index (χ4v) is 4.30. The second-order valence-corrected chi connectivity index (χ2v) is 8.44. The number of fused-ring (bicyclic) bond motifs is 1. The highest BCUT2D eigenvalue weighted by atomic mass is 19.1. The molecule has 1 fully saturated rings. The number of hydrogen-bond acceptors (Lipinski definition) is 5. The number of carbonyl (C=O) groups excluding carboxylic acids is 1. The quantitative estimate of drug-likeness (QED) is 0.639. The molecule has 0 atom stereocenters. The Morgan fingerprint density at radius 3 is 2.61 bits per heavy atom. The van der Waals surface area contributed by atoms with Crippen LogP contribution in [-0.2, 0) is 6.54 Å². The first-order valence-corrected chi connectivity index (χ1v) is 11.3. The van der Waals surface area contributed by atoms with Crippen molar-refractivity contribution in [3.8, 4) is 22.8 Å². The average molecular weight is 448 g/mol. The molecular formula is C26H26FN3O3. The molecule has 0 bridgehead atoms. The summed E-state index contributed by atoms with van der Waals surface area (Å²) < 4.78 is 24.7. The molecule has 7 heteroatoms. The molecule has 1 saturated heterocycles. The number of benzene rings is 2. The molecule has 6 nitrogen and oxygen atoms in total. The van der Waals surface area contributed by atoms with Crippen LogP contribution in [0.5, 0.6) is 11.5 Å². The number of hydrogen-bond donors (Lipinski definition) is 1. The molecule has 0 spiro atoms. The fraction of sp³-hybridized carbons (Fsp3) is 0.308. The van der Waals surface area contributed by atoms with Gasteiger partial charge in [0.05, 0.1) is 11.3 Å². The zero-order valence-corrected chi connectivity index (χ0v) is 18.3. The molecule has 0 aliphatic carbocycles. The zero-order valence-electron chi connectivity index (χ0n) is 18.3. The van der Waals surface area contributed by atoms with Gasteiger partial charge in [0.25, 0.3) is 5.91 Å². The van der Waals surface area contributed by atoms with E-state index in [2.05, 4.69) is 27.3 Å². The minimum Gasteiger partial charge on any atom is -0.486 e. The Hall–Kier alpha value is -3.45. The SMILES string of the molecule is O=C(NC1CCN(Cc2ccc3c(c2)OCCO3)CC1)c1ccc(-c2cccc(F)c2)nc1. The number of piperidine rings is 1. The maximum Gasteiger partial charge on any atom is 0.253 e. The van der Waals surface area contributed by atoms with Crippen molar-refractivity contribution in [3.63, 3.8) is 0 Å². The minimum absolute atomic E-state index is 0.126. The Morgan fingerprint density at radius 2 is 1.85 bits per heavy atom. The van der Waals surface area contributed by atoms with Crippen molar-refractivity contribution in [2.45, 2.75) is 25.4 Å². The molecule has 0 radical (unpaired) electrons. The van der Waals surface area contributed by atoms with Crippen molar-refractivity contribution in [2.24, 2.45) is 0 Å². The van der Waals surface area contributed by atoms with Crippen LogP contribution in [0.2, 0.25) is 0 Å². The molecular weight excluding hydrogens is 421 g/mol. The molecule has 0 unspecified atom stereocenters. The van der Waals surface area contributed by atoms with Gasteiger partial charge >= 0.3 is 0 Å². The van der Waals surface area contributed by atoms with Crippen LogP contribution >= 0.6 is 0 Å². The largest absolute Gasteiger partial charge is 0.486 e. The maximum atomic E-state index is 13.4. The van der Waals surface area contributed by atoms with Gasteiger partial charge in [0, 0.05) is 37.4 Å². The summed E-state index contributed by atoms with van der Waals surface area (Å²) in [5.74, 6) is 1.19. The molecule has 1 N–H and O–H groups in total. The van der Waals surface area contributed by atoms with Gasteiger partial charge in [0.1, 0.15) is 19.0 Å². The van der Waals surface area contributed by atoms with E-state index >= 15 is 0 Å². The van der Waals surface area contributed by atoms with Crippen LogP contribution in [0.3, 0.4) is 0 Å². The van der Waals surface area contributed by atoms with Crippen LogP contribution in [0.4, 0.5) is 4.39 Å². The van der Waals surface area contributed by atoms with Gasteiger partial charge in [-0.25, -0.2) is 4.39 Å². The highest BCUT2D eigenvalue weighted by Gasteiger charge is 2.22. The van der Waals surface area contributed by atoms with Gasteiger partial charge in [0.2, 0.25) is 0 Å². The fourth-order valence-electron chi connectivity index (χ4n) is 4.30. The Balaban J connectivity index is 1.12. The standard InChI is InChI=1S/C26H26FN3O3/c27-21-3-1-2-19(15-21)23-6-5-20(16-28-23)26(31)29-22-8-10-30(11-9-22)17-18-4-7-24-25(14-18)33-13-12-32-24/h1-7,14-16,22H,8-13,17H2,(H,29,31). The highest BCUT2D eigenvalue weighted by molar-refractivity contribution is 5.94. The Labute approximate surface area is 192 Å². The molecule has 0 saturated carbocycles. The number of aromatic nitrogens is 1. The van der Waals surface area contributed by atoms with E-state index in [1.54, 1.807) is 30.5 Å². The first kappa shape index (κ1) is 21.4. The predicted octanol–water partition coefficient (Wildman–Crippen LogP) is 4.05. The summed E-state index contributed by atoms with van der Waals surface area (Å²) in [6, 6.07) is 16.0. The van der Waals surface area contributed by atoms with Gasteiger partial charge in [-0.15, -0.1) is 0 Å². The summed E-state index contributed by atoms with van der Waals surface area (Å²) in [7, 11) is 0.